The van der Waals surface area contributed by atoms with Gasteiger partial charge >= 0.3 is 0 Å². The Bertz CT molecular complexity index is 883. The first-order chi connectivity index (χ1) is 12.5. The molecule has 0 unspecified atom stereocenters. The third-order valence-corrected chi connectivity index (χ3v) is 5.34. The van der Waals surface area contributed by atoms with E-state index >= 15 is 0 Å². The van der Waals surface area contributed by atoms with Gasteiger partial charge in [-0.15, -0.1) is 11.3 Å². The molecule has 0 saturated heterocycles. The summed E-state index contributed by atoms with van der Waals surface area (Å²) >= 11 is 1.48. The van der Waals surface area contributed by atoms with Crippen LogP contribution < -0.4 is 5.32 Å². The molecular weight excluding hydrogens is 344 g/mol. The zero-order valence-electron chi connectivity index (χ0n) is 15.5. The normalized spacial score (nSPS) is 10.9. The van der Waals surface area contributed by atoms with Gasteiger partial charge in [-0.2, -0.15) is 5.10 Å². The molecule has 0 spiro atoms. The lowest BCUT2D eigenvalue weighted by atomic mass is 10.2. The van der Waals surface area contributed by atoms with Crippen LogP contribution in [0.15, 0.2) is 36.4 Å². The molecule has 136 valence electrons. The molecule has 0 saturated carbocycles. The second-order valence-electron chi connectivity index (χ2n) is 6.44. The van der Waals surface area contributed by atoms with Gasteiger partial charge in [0, 0.05) is 25.2 Å². The van der Waals surface area contributed by atoms with Crippen LogP contribution in [-0.4, -0.2) is 27.2 Å². The van der Waals surface area contributed by atoms with E-state index in [4.69, 9.17) is 0 Å². The van der Waals surface area contributed by atoms with E-state index in [1.54, 1.807) is 0 Å². The quantitative estimate of drug-likeness (QED) is 0.647. The molecule has 6 heteroatoms. The summed E-state index contributed by atoms with van der Waals surface area (Å²) in [5, 5.41) is 8.42. The molecule has 0 aliphatic heterocycles. The number of thiazole rings is 1. The molecule has 2 heterocycles. The molecule has 0 radical (unpaired) electrons. The number of benzene rings is 1. The molecule has 1 aromatic carbocycles. The van der Waals surface area contributed by atoms with Crippen molar-refractivity contribution in [2.45, 2.75) is 40.2 Å². The molecule has 5 nitrogen and oxygen atoms in total. The lowest BCUT2D eigenvalue weighted by Gasteiger charge is -2.06. The van der Waals surface area contributed by atoms with Crippen LogP contribution in [0, 0.1) is 20.8 Å². The van der Waals surface area contributed by atoms with E-state index in [9.17, 15) is 4.79 Å². The van der Waals surface area contributed by atoms with E-state index in [1.165, 1.54) is 16.9 Å². The molecule has 1 N–H and O–H groups in total. The fourth-order valence-corrected chi connectivity index (χ4v) is 3.94. The van der Waals surface area contributed by atoms with Gasteiger partial charge in [-0.3, -0.25) is 9.48 Å². The fraction of sp³-hybridized carbons (Fsp3) is 0.350. The predicted molar refractivity (Wildman–Crippen MR) is 105 cm³/mol. The molecule has 1 amide bonds. The van der Waals surface area contributed by atoms with Crippen LogP contribution >= 0.6 is 11.3 Å². The zero-order chi connectivity index (χ0) is 18.5. The summed E-state index contributed by atoms with van der Waals surface area (Å²) in [6, 6.07) is 12.3. The highest BCUT2D eigenvalue weighted by atomic mass is 32.1. The van der Waals surface area contributed by atoms with Gasteiger partial charge in [0.1, 0.15) is 4.88 Å². The number of nitrogens with zero attached hydrogens (tertiary/aromatic N) is 3. The van der Waals surface area contributed by atoms with Crippen molar-refractivity contribution in [2.24, 2.45) is 0 Å². The maximum absolute atomic E-state index is 12.5. The van der Waals surface area contributed by atoms with Crippen LogP contribution in [0.1, 0.15) is 43.7 Å². The van der Waals surface area contributed by atoms with Gasteiger partial charge in [0.25, 0.3) is 5.91 Å². The van der Waals surface area contributed by atoms with E-state index in [0.717, 1.165) is 41.5 Å². The molecule has 3 rings (SSSR count). The molecule has 0 aliphatic carbocycles. The molecular formula is C20H24N4OS. The topological polar surface area (TPSA) is 59.8 Å². The van der Waals surface area contributed by atoms with Gasteiger partial charge in [0.2, 0.25) is 0 Å². The molecule has 3 aromatic rings. The standard InChI is InChI=1S/C20H24N4OS/c1-14-12-15(2)24(23-14)11-7-10-21-20(25)19-16(3)22-18(26-19)13-17-8-5-4-6-9-17/h4-6,8-9,12H,7,10-11,13H2,1-3H3,(H,21,25). The lowest BCUT2D eigenvalue weighted by molar-refractivity contribution is 0.0956. The van der Waals surface area contributed by atoms with Crippen molar-refractivity contribution < 1.29 is 4.79 Å². The Morgan fingerprint density at radius 1 is 1.19 bits per heavy atom. The average Bonchev–Trinajstić information content (AvgIpc) is 3.13. The molecule has 0 fully saturated rings. The Balaban J connectivity index is 1.52. The number of hydrogen-bond acceptors (Lipinski definition) is 4. The van der Waals surface area contributed by atoms with Crippen molar-refractivity contribution in [3.05, 3.63) is 68.9 Å². The summed E-state index contributed by atoms with van der Waals surface area (Å²) in [6.07, 6.45) is 1.61. The van der Waals surface area contributed by atoms with E-state index in [1.807, 2.05) is 43.7 Å². The van der Waals surface area contributed by atoms with E-state index in [-0.39, 0.29) is 5.91 Å². The Morgan fingerprint density at radius 3 is 2.65 bits per heavy atom. The highest BCUT2D eigenvalue weighted by Crippen LogP contribution is 2.20. The van der Waals surface area contributed by atoms with Crippen molar-refractivity contribution in [3.63, 3.8) is 0 Å². The first kappa shape index (κ1) is 18.3. The van der Waals surface area contributed by atoms with Crippen LogP contribution in [0.3, 0.4) is 0 Å². The number of rotatable bonds is 7. The Kier molecular flexibility index (Phi) is 5.83. The van der Waals surface area contributed by atoms with Crippen molar-refractivity contribution in [2.75, 3.05) is 6.54 Å². The van der Waals surface area contributed by atoms with Gasteiger partial charge in [-0.1, -0.05) is 30.3 Å². The summed E-state index contributed by atoms with van der Waals surface area (Å²) in [6.45, 7) is 7.37. The SMILES string of the molecule is Cc1cc(C)n(CCCNC(=O)c2sc(Cc3ccccc3)nc2C)n1. The number of hydrogen-bond donors (Lipinski definition) is 1. The monoisotopic (exact) mass is 368 g/mol. The van der Waals surface area contributed by atoms with Gasteiger partial charge in [0.15, 0.2) is 0 Å². The van der Waals surface area contributed by atoms with Gasteiger partial charge < -0.3 is 5.32 Å². The minimum Gasteiger partial charge on any atom is -0.351 e. The number of carbonyl (C=O) groups is 1. The van der Waals surface area contributed by atoms with Crippen LogP contribution in [-0.2, 0) is 13.0 Å². The molecule has 0 aliphatic rings. The zero-order valence-corrected chi connectivity index (χ0v) is 16.3. The van der Waals surface area contributed by atoms with Crippen molar-refractivity contribution >= 4 is 17.2 Å². The van der Waals surface area contributed by atoms with Gasteiger partial charge in [-0.25, -0.2) is 4.98 Å². The van der Waals surface area contributed by atoms with Crippen molar-refractivity contribution in [1.29, 1.82) is 0 Å². The smallest absolute Gasteiger partial charge is 0.263 e. The second-order valence-corrected chi connectivity index (χ2v) is 7.53. The number of aromatic nitrogens is 3. The maximum Gasteiger partial charge on any atom is 0.263 e. The Morgan fingerprint density at radius 2 is 1.96 bits per heavy atom. The van der Waals surface area contributed by atoms with Gasteiger partial charge in [0.05, 0.1) is 16.4 Å². The summed E-state index contributed by atoms with van der Waals surface area (Å²) < 4.78 is 1.98. The first-order valence-corrected chi connectivity index (χ1v) is 9.64. The minimum atomic E-state index is -0.0346. The highest BCUT2D eigenvalue weighted by Gasteiger charge is 2.15. The number of amides is 1. The van der Waals surface area contributed by atoms with Crippen molar-refractivity contribution in [1.82, 2.24) is 20.1 Å². The molecule has 0 bridgehead atoms. The number of nitrogens with one attached hydrogen (secondary N) is 1. The van der Waals surface area contributed by atoms with E-state index in [2.05, 4.69) is 33.6 Å². The number of aryl methyl sites for hydroxylation is 4. The van der Waals surface area contributed by atoms with Gasteiger partial charge in [-0.05, 0) is 38.8 Å². The summed E-state index contributed by atoms with van der Waals surface area (Å²) in [5.41, 5.74) is 4.19. The van der Waals surface area contributed by atoms with Crippen LogP contribution in [0.4, 0.5) is 0 Å². The van der Waals surface area contributed by atoms with E-state index < -0.39 is 0 Å². The average molecular weight is 369 g/mol. The summed E-state index contributed by atoms with van der Waals surface area (Å²) in [7, 11) is 0. The summed E-state index contributed by atoms with van der Waals surface area (Å²) in [4.78, 5) is 17.7. The minimum absolute atomic E-state index is 0.0346. The van der Waals surface area contributed by atoms with Crippen LogP contribution in [0.25, 0.3) is 0 Å². The summed E-state index contributed by atoms with van der Waals surface area (Å²) in [5.74, 6) is -0.0346. The number of carbonyl (C=O) groups excluding carboxylic acids is 1. The molecule has 26 heavy (non-hydrogen) atoms. The second kappa shape index (κ2) is 8.27. The van der Waals surface area contributed by atoms with E-state index in [0.29, 0.717) is 11.4 Å². The highest BCUT2D eigenvalue weighted by molar-refractivity contribution is 7.13. The molecule has 2 aromatic heterocycles. The third kappa shape index (κ3) is 4.58. The third-order valence-electron chi connectivity index (χ3n) is 4.18. The molecule has 0 atom stereocenters. The van der Waals surface area contributed by atoms with Crippen LogP contribution in [0.5, 0.6) is 0 Å². The van der Waals surface area contributed by atoms with Crippen LogP contribution in [0.2, 0.25) is 0 Å². The largest absolute Gasteiger partial charge is 0.351 e. The first-order valence-electron chi connectivity index (χ1n) is 8.82. The fourth-order valence-electron chi connectivity index (χ4n) is 2.92. The maximum atomic E-state index is 12.5. The predicted octanol–water partition coefficient (Wildman–Crippen LogP) is 3.68. The van der Waals surface area contributed by atoms with Crippen molar-refractivity contribution in [3.8, 4) is 0 Å². The Labute approximate surface area is 158 Å². The lowest BCUT2D eigenvalue weighted by Crippen LogP contribution is -2.25. The Hall–Kier alpha value is -2.47.